The molecule has 4 aromatic rings. The number of nitrogens with one attached hydrogen (secondary N) is 1. The normalized spacial score (nSPS) is 13.6. The van der Waals surface area contributed by atoms with E-state index in [1.54, 1.807) is 4.90 Å². The van der Waals surface area contributed by atoms with Crippen molar-refractivity contribution in [1.82, 2.24) is 15.0 Å². The zero-order valence-corrected chi connectivity index (χ0v) is 21.1. The van der Waals surface area contributed by atoms with E-state index in [-0.39, 0.29) is 18.4 Å². The number of nitrogens with zero attached hydrogens (tertiary/aromatic N) is 3. The number of amides is 2. The first-order chi connectivity index (χ1) is 18.6. The molecule has 38 heavy (non-hydrogen) atoms. The maximum atomic E-state index is 12.8. The monoisotopic (exact) mass is 508 g/mol. The largest absolute Gasteiger partial charge is 0.469 e. The molecule has 0 unspecified atom stereocenters. The molecule has 1 aromatic heterocycles. The molecule has 1 saturated heterocycles. The van der Waals surface area contributed by atoms with Crippen molar-refractivity contribution in [1.29, 1.82) is 0 Å². The Morgan fingerprint density at radius 2 is 1.76 bits per heavy atom. The second kappa shape index (κ2) is 11.6. The average Bonchev–Trinajstić information content (AvgIpc) is 3.35. The van der Waals surface area contributed by atoms with Crippen molar-refractivity contribution in [3.05, 3.63) is 95.1 Å². The minimum atomic E-state index is -0.287. The third kappa shape index (κ3) is 6.02. The number of benzene rings is 3. The summed E-state index contributed by atoms with van der Waals surface area (Å²) in [5.74, 6) is 6.59. The second-order valence-electron chi connectivity index (χ2n) is 9.08. The molecule has 5 rings (SSSR count). The number of piperazine rings is 1. The summed E-state index contributed by atoms with van der Waals surface area (Å²) >= 11 is 0. The summed E-state index contributed by atoms with van der Waals surface area (Å²) < 4.78 is 10.1. The van der Waals surface area contributed by atoms with Crippen LogP contribution in [0.2, 0.25) is 0 Å². The number of esters is 1. The average molecular weight is 509 g/mol. The lowest BCUT2D eigenvalue weighted by Gasteiger charge is -2.34. The second-order valence-corrected chi connectivity index (χ2v) is 9.08. The van der Waals surface area contributed by atoms with Crippen LogP contribution in [0.25, 0.3) is 11.0 Å². The van der Waals surface area contributed by atoms with Gasteiger partial charge in [-0.1, -0.05) is 59.5 Å². The Hall–Kier alpha value is -4.61. The van der Waals surface area contributed by atoms with Crippen molar-refractivity contribution in [2.45, 2.75) is 13.0 Å². The van der Waals surface area contributed by atoms with Crippen molar-refractivity contribution in [2.75, 3.05) is 38.6 Å². The predicted octanol–water partition coefficient (Wildman–Crippen LogP) is 4.29. The molecule has 0 radical (unpaired) electrons. The number of aromatic nitrogens is 1. The van der Waals surface area contributed by atoms with E-state index < -0.39 is 0 Å². The standard InChI is InChI=1S/C30H28N4O4/c1-37-28(35)20-25-10-3-2-9-24(25)14-13-22-7-6-8-23(19-22)21-33-15-17-34(18-16-33)30(36)31-29-26-11-4-5-12-27(26)38-32-29/h2-12,19H,15-18,20-21H2,1H3,(H,31,32,36). The molecule has 1 aliphatic rings. The van der Waals surface area contributed by atoms with E-state index in [1.165, 1.54) is 7.11 Å². The lowest BCUT2D eigenvalue weighted by molar-refractivity contribution is -0.139. The van der Waals surface area contributed by atoms with Gasteiger partial charge < -0.3 is 14.2 Å². The molecule has 1 N–H and O–H groups in total. The molecule has 0 bridgehead atoms. The molecule has 2 heterocycles. The first-order valence-electron chi connectivity index (χ1n) is 12.5. The summed E-state index contributed by atoms with van der Waals surface area (Å²) in [6, 6.07) is 23.1. The van der Waals surface area contributed by atoms with Crippen molar-refractivity contribution in [2.24, 2.45) is 0 Å². The number of methoxy groups -OCH3 is 1. The van der Waals surface area contributed by atoms with Gasteiger partial charge in [-0.2, -0.15) is 0 Å². The minimum Gasteiger partial charge on any atom is -0.469 e. The number of anilines is 1. The molecule has 0 saturated carbocycles. The molecule has 2 amide bonds. The van der Waals surface area contributed by atoms with Crippen LogP contribution in [-0.4, -0.2) is 60.2 Å². The lowest BCUT2D eigenvalue weighted by Crippen LogP contribution is -2.49. The van der Waals surface area contributed by atoms with E-state index in [4.69, 9.17) is 9.26 Å². The SMILES string of the molecule is COC(=O)Cc1ccccc1C#Cc1cccc(CN2CCN(C(=O)Nc3noc4ccccc34)CC2)c1. The number of fused-ring (bicyclic) bond motifs is 1. The molecule has 8 nitrogen and oxygen atoms in total. The van der Waals surface area contributed by atoms with E-state index in [1.807, 2.05) is 60.7 Å². The predicted molar refractivity (Wildman–Crippen MR) is 144 cm³/mol. The van der Waals surface area contributed by atoms with E-state index in [9.17, 15) is 9.59 Å². The molecule has 3 aromatic carbocycles. The van der Waals surface area contributed by atoms with E-state index in [0.29, 0.717) is 24.5 Å². The molecule has 0 aliphatic carbocycles. The van der Waals surface area contributed by atoms with Crippen LogP contribution >= 0.6 is 0 Å². The van der Waals surface area contributed by atoms with Gasteiger partial charge in [-0.3, -0.25) is 15.0 Å². The van der Waals surface area contributed by atoms with Gasteiger partial charge >= 0.3 is 12.0 Å². The third-order valence-corrected chi connectivity index (χ3v) is 6.52. The molecule has 1 fully saturated rings. The fourth-order valence-electron chi connectivity index (χ4n) is 4.43. The molecule has 8 heteroatoms. The molecule has 192 valence electrons. The van der Waals surface area contributed by atoms with Gasteiger partial charge in [0.05, 0.1) is 18.9 Å². The topological polar surface area (TPSA) is 87.9 Å². The summed E-state index contributed by atoms with van der Waals surface area (Å²) in [6.07, 6.45) is 0.195. The number of hydrogen-bond acceptors (Lipinski definition) is 6. The first kappa shape index (κ1) is 25.1. The van der Waals surface area contributed by atoms with Crippen LogP contribution < -0.4 is 5.32 Å². The Kier molecular flexibility index (Phi) is 7.67. The highest BCUT2D eigenvalue weighted by atomic mass is 16.5. The zero-order valence-electron chi connectivity index (χ0n) is 21.1. The maximum absolute atomic E-state index is 12.8. The lowest BCUT2D eigenvalue weighted by atomic mass is 10.0. The Labute approximate surface area is 221 Å². The Morgan fingerprint density at radius 1 is 0.974 bits per heavy atom. The number of rotatable bonds is 5. The van der Waals surface area contributed by atoms with Crippen LogP contribution in [0.3, 0.4) is 0 Å². The maximum Gasteiger partial charge on any atom is 0.323 e. The van der Waals surface area contributed by atoms with Gasteiger partial charge in [0.25, 0.3) is 0 Å². The summed E-state index contributed by atoms with van der Waals surface area (Å²) in [6.45, 7) is 3.56. The van der Waals surface area contributed by atoms with Crippen molar-refractivity contribution in [3.8, 4) is 11.8 Å². The van der Waals surface area contributed by atoms with Crippen molar-refractivity contribution >= 4 is 28.8 Å². The summed E-state index contributed by atoms with van der Waals surface area (Å²) in [5, 5.41) is 7.65. The summed E-state index contributed by atoms with van der Waals surface area (Å²) in [5.41, 5.74) is 4.38. The van der Waals surface area contributed by atoms with Gasteiger partial charge in [0.2, 0.25) is 0 Å². The highest BCUT2D eigenvalue weighted by Gasteiger charge is 2.22. The smallest absolute Gasteiger partial charge is 0.323 e. The fourth-order valence-corrected chi connectivity index (χ4v) is 4.43. The van der Waals surface area contributed by atoms with Crippen molar-refractivity contribution < 1.29 is 18.8 Å². The van der Waals surface area contributed by atoms with Gasteiger partial charge in [0.15, 0.2) is 11.4 Å². The first-order valence-corrected chi connectivity index (χ1v) is 12.5. The number of carbonyl (C=O) groups is 2. The van der Waals surface area contributed by atoms with Crippen LogP contribution in [0.1, 0.15) is 22.3 Å². The number of carbonyl (C=O) groups excluding carboxylic acids is 2. The van der Waals surface area contributed by atoms with E-state index in [0.717, 1.165) is 47.3 Å². The molecule has 0 atom stereocenters. The van der Waals surface area contributed by atoms with Gasteiger partial charge in [0.1, 0.15) is 0 Å². The van der Waals surface area contributed by atoms with Gasteiger partial charge in [-0.05, 0) is 41.5 Å². The van der Waals surface area contributed by atoms with Gasteiger partial charge in [-0.25, -0.2) is 4.79 Å². The Morgan fingerprint density at radius 3 is 2.61 bits per heavy atom. The quantitative estimate of drug-likeness (QED) is 0.320. The third-order valence-electron chi connectivity index (χ3n) is 6.52. The van der Waals surface area contributed by atoms with Crippen LogP contribution in [0.4, 0.5) is 10.6 Å². The van der Waals surface area contributed by atoms with Gasteiger partial charge in [-0.15, -0.1) is 0 Å². The van der Waals surface area contributed by atoms with E-state index >= 15 is 0 Å². The summed E-state index contributed by atoms with van der Waals surface area (Å²) in [7, 11) is 1.39. The van der Waals surface area contributed by atoms with Crippen LogP contribution in [0, 0.1) is 11.8 Å². The molecular weight excluding hydrogens is 480 g/mol. The number of hydrogen-bond donors (Lipinski definition) is 1. The number of para-hydroxylation sites is 1. The van der Waals surface area contributed by atoms with Gasteiger partial charge in [0, 0.05) is 43.9 Å². The molecular formula is C30H28N4O4. The highest BCUT2D eigenvalue weighted by molar-refractivity contribution is 5.98. The van der Waals surface area contributed by atoms with Crippen LogP contribution in [0.15, 0.2) is 77.3 Å². The Bertz CT molecular complexity index is 1510. The van der Waals surface area contributed by atoms with Crippen molar-refractivity contribution in [3.63, 3.8) is 0 Å². The Balaban J connectivity index is 1.17. The summed E-state index contributed by atoms with van der Waals surface area (Å²) in [4.78, 5) is 28.6. The number of urea groups is 1. The number of ether oxygens (including phenoxy) is 1. The van der Waals surface area contributed by atoms with E-state index in [2.05, 4.69) is 39.3 Å². The fraction of sp³-hybridized carbons (Fsp3) is 0.233. The minimum absolute atomic E-state index is 0.173. The van der Waals surface area contributed by atoms with Crippen LogP contribution in [-0.2, 0) is 22.5 Å². The zero-order chi connectivity index (χ0) is 26.3. The van der Waals surface area contributed by atoms with Crippen LogP contribution in [0.5, 0.6) is 0 Å². The molecule has 0 spiro atoms. The highest BCUT2D eigenvalue weighted by Crippen LogP contribution is 2.22. The molecule has 1 aliphatic heterocycles.